The maximum Gasteiger partial charge on any atom is 0.227 e. The van der Waals surface area contributed by atoms with Crippen LogP contribution in [-0.2, 0) is 20.9 Å². The van der Waals surface area contributed by atoms with Gasteiger partial charge in [0, 0.05) is 49.6 Å². The van der Waals surface area contributed by atoms with E-state index in [9.17, 15) is 14.4 Å². The first kappa shape index (κ1) is 20.4. The Morgan fingerprint density at radius 1 is 1.14 bits per heavy atom. The standard InChI is InChI=1S/C22H31N3O3/c1-22(2,3)21(28)24-12-9-17(10-13-24)20(27)23-18-7-4-6-16(14-18)15-25-11-5-8-19(25)26/h4,6-7,14,17H,5,8-13,15H2,1-3H3,(H,23,27). The third kappa shape index (κ3) is 4.91. The van der Waals surface area contributed by atoms with Crippen molar-refractivity contribution in [3.05, 3.63) is 29.8 Å². The smallest absolute Gasteiger partial charge is 0.227 e. The molecule has 0 unspecified atom stereocenters. The third-order valence-corrected chi connectivity index (χ3v) is 5.53. The van der Waals surface area contributed by atoms with Crippen LogP contribution < -0.4 is 5.32 Å². The lowest BCUT2D eigenvalue weighted by Crippen LogP contribution is -2.45. The largest absolute Gasteiger partial charge is 0.342 e. The Bertz CT molecular complexity index is 746. The van der Waals surface area contributed by atoms with Gasteiger partial charge >= 0.3 is 0 Å². The van der Waals surface area contributed by atoms with Gasteiger partial charge in [-0.2, -0.15) is 0 Å². The highest BCUT2D eigenvalue weighted by Gasteiger charge is 2.32. The topological polar surface area (TPSA) is 69.7 Å². The average molecular weight is 386 g/mol. The van der Waals surface area contributed by atoms with Crippen molar-refractivity contribution in [2.24, 2.45) is 11.3 Å². The Balaban J connectivity index is 1.53. The van der Waals surface area contributed by atoms with Crippen molar-refractivity contribution in [2.75, 3.05) is 25.0 Å². The van der Waals surface area contributed by atoms with Crippen LogP contribution in [0.15, 0.2) is 24.3 Å². The number of carbonyl (C=O) groups is 3. The number of anilines is 1. The van der Waals surface area contributed by atoms with Crippen molar-refractivity contribution < 1.29 is 14.4 Å². The highest BCUT2D eigenvalue weighted by Crippen LogP contribution is 2.25. The number of hydrogen-bond acceptors (Lipinski definition) is 3. The van der Waals surface area contributed by atoms with E-state index in [4.69, 9.17) is 0 Å². The molecule has 0 bridgehead atoms. The zero-order valence-corrected chi connectivity index (χ0v) is 17.2. The second-order valence-electron chi connectivity index (χ2n) is 8.92. The quantitative estimate of drug-likeness (QED) is 0.866. The summed E-state index contributed by atoms with van der Waals surface area (Å²) < 4.78 is 0. The number of hydrogen-bond donors (Lipinski definition) is 1. The van der Waals surface area contributed by atoms with Crippen molar-refractivity contribution >= 4 is 23.4 Å². The maximum atomic E-state index is 12.7. The highest BCUT2D eigenvalue weighted by molar-refractivity contribution is 5.93. The van der Waals surface area contributed by atoms with Gasteiger partial charge in [0.05, 0.1) is 0 Å². The van der Waals surface area contributed by atoms with Gasteiger partial charge in [0.15, 0.2) is 0 Å². The maximum absolute atomic E-state index is 12.7. The number of nitrogens with zero attached hydrogens (tertiary/aromatic N) is 2. The predicted octanol–water partition coefficient (Wildman–Crippen LogP) is 3.03. The van der Waals surface area contributed by atoms with Crippen LogP contribution in [0.25, 0.3) is 0 Å². The Labute approximate surface area is 167 Å². The van der Waals surface area contributed by atoms with Crippen LogP contribution in [0.4, 0.5) is 5.69 Å². The first-order valence-corrected chi connectivity index (χ1v) is 10.2. The molecule has 6 heteroatoms. The fraction of sp³-hybridized carbons (Fsp3) is 0.591. The van der Waals surface area contributed by atoms with Gasteiger partial charge in [0.2, 0.25) is 17.7 Å². The summed E-state index contributed by atoms with van der Waals surface area (Å²) in [6.07, 6.45) is 2.93. The Hall–Kier alpha value is -2.37. The number of carbonyl (C=O) groups excluding carboxylic acids is 3. The van der Waals surface area contributed by atoms with E-state index in [1.165, 1.54) is 0 Å². The zero-order chi connectivity index (χ0) is 20.3. The first-order chi connectivity index (χ1) is 13.2. The van der Waals surface area contributed by atoms with Crippen LogP contribution >= 0.6 is 0 Å². The minimum absolute atomic E-state index is 0.0113. The second kappa shape index (κ2) is 8.33. The lowest BCUT2D eigenvalue weighted by atomic mass is 9.90. The fourth-order valence-electron chi connectivity index (χ4n) is 3.90. The molecule has 3 rings (SSSR count). The molecule has 3 amide bonds. The van der Waals surface area contributed by atoms with Gasteiger partial charge in [0.25, 0.3) is 0 Å². The molecule has 1 N–H and O–H groups in total. The van der Waals surface area contributed by atoms with Crippen molar-refractivity contribution in [1.29, 1.82) is 0 Å². The highest BCUT2D eigenvalue weighted by atomic mass is 16.2. The molecular formula is C22H31N3O3. The molecule has 0 atom stereocenters. The molecule has 2 saturated heterocycles. The molecule has 1 aromatic carbocycles. The number of rotatable bonds is 4. The molecule has 0 radical (unpaired) electrons. The first-order valence-electron chi connectivity index (χ1n) is 10.2. The molecular weight excluding hydrogens is 354 g/mol. The van der Waals surface area contributed by atoms with Crippen LogP contribution in [0.1, 0.15) is 52.0 Å². The SMILES string of the molecule is CC(C)(C)C(=O)N1CCC(C(=O)Nc2cccc(CN3CCCC3=O)c2)CC1. The minimum atomic E-state index is -0.383. The summed E-state index contributed by atoms with van der Waals surface area (Å²) in [4.78, 5) is 40.6. The molecule has 0 aromatic heterocycles. The molecule has 2 fully saturated rings. The number of likely N-dealkylation sites (tertiary alicyclic amines) is 2. The van der Waals surface area contributed by atoms with E-state index in [-0.39, 0.29) is 29.1 Å². The van der Waals surface area contributed by atoms with E-state index in [2.05, 4.69) is 5.32 Å². The van der Waals surface area contributed by atoms with E-state index in [1.54, 1.807) is 0 Å². The number of piperidine rings is 1. The van der Waals surface area contributed by atoms with E-state index in [1.807, 2.05) is 54.8 Å². The number of nitrogens with one attached hydrogen (secondary N) is 1. The predicted molar refractivity (Wildman–Crippen MR) is 108 cm³/mol. The van der Waals surface area contributed by atoms with Gasteiger partial charge in [-0.25, -0.2) is 0 Å². The van der Waals surface area contributed by atoms with Crippen LogP contribution in [0, 0.1) is 11.3 Å². The van der Waals surface area contributed by atoms with Crippen molar-refractivity contribution in [3.8, 4) is 0 Å². The number of benzene rings is 1. The Morgan fingerprint density at radius 2 is 1.86 bits per heavy atom. The van der Waals surface area contributed by atoms with Crippen molar-refractivity contribution in [1.82, 2.24) is 9.80 Å². The second-order valence-corrected chi connectivity index (χ2v) is 8.92. The summed E-state index contributed by atoms with van der Waals surface area (Å²) in [5, 5.41) is 3.02. The van der Waals surface area contributed by atoms with Gasteiger partial charge in [-0.15, -0.1) is 0 Å². The van der Waals surface area contributed by atoms with Crippen LogP contribution in [0.3, 0.4) is 0 Å². The molecule has 2 aliphatic rings. The Kier molecular flexibility index (Phi) is 6.06. The van der Waals surface area contributed by atoms with Crippen molar-refractivity contribution in [2.45, 2.75) is 53.0 Å². The summed E-state index contributed by atoms with van der Waals surface area (Å²) in [6.45, 7) is 8.44. The molecule has 152 valence electrons. The molecule has 0 saturated carbocycles. The monoisotopic (exact) mass is 385 g/mol. The molecule has 28 heavy (non-hydrogen) atoms. The average Bonchev–Trinajstić information content (AvgIpc) is 3.05. The van der Waals surface area contributed by atoms with Gasteiger partial charge in [-0.3, -0.25) is 14.4 Å². The molecule has 1 aromatic rings. The molecule has 2 heterocycles. The summed E-state index contributed by atoms with van der Waals surface area (Å²) >= 11 is 0. The van der Waals surface area contributed by atoms with Crippen LogP contribution in [-0.4, -0.2) is 47.2 Å². The molecule has 2 aliphatic heterocycles. The molecule has 0 aliphatic carbocycles. The molecule has 0 spiro atoms. The van der Waals surface area contributed by atoms with E-state index in [0.717, 1.165) is 24.2 Å². The Morgan fingerprint density at radius 3 is 2.46 bits per heavy atom. The zero-order valence-electron chi connectivity index (χ0n) is 17.2. The minimum Gasteiger partial charge on any atom is -0.342 e. The third-order valence-electron chi connectivity index (χ3n) is 5.53. The van der Waals surface area contributed by atoms with E-state index in [0.29, 0.717) is 38.9 Å². The van der Waals surface area contributed by atoms with Gasteiger partial charge < -0.3 is 15.1 Å². The van der Waals surface area contributed by atoms with Crippen LogP contribution in [0.2, 0.25) is 0 Å². The normalized spacial score (nSPS) is 18.5. The summed E-state index contributed by atoms with van der Waals surface area (Å²) in [7, 11) is 0. The van der Waals surface area contributed by atoms with Gasteiger partial charge in [0.1, 0.15) is 0 Å². The number of amides is 3. The van der Waals surface area contributed by atoms with Gasteiger partial charge in [-0.1, -0.05) is 32.9 Å². The summed E-state index contributed by atoms with van der Waals surface area (Å²) in [6, 6.07) is 7.72. The summed E-state index contributed by atoms with van der Waals surface area (Å²) in [5.74, 6) is 0.284. The van der Waals surface area contributed by atoms with E-state index < -0.39 is 0 Å². The summed E-state index contributed by atoms with van der Waals surface area (Å²) in [5.41, 5.74) is 1.41. The van der Waals surface area contributed by atoms with Gasteiger partial charge in [-0.05, 0) is 37.0 Å². The van der Waals surface area contributed by atoms with Crippen molar-refractivity contribution in [3.63, 3.8) is 0 Å². The lowest BCUT2D eigenvalue weighted by Gasteiger charge is -2.35. The van der Waals surface area contributed by atoms with Crippen LogP contribution in [0.5, 0.6) is 0 Å². The fourth-order valence-corrected chi connectivity index (χ4v) is 3.90. The van der Waals surface area contributed by atoms with E-state index >= 15 is 0 Å². The lowest BCUT2D eigenvalue weighted by molar-refractivity contribution is -0.142. The molecule has 6 nitrogen and oxygen atoms in total.